The number of carbonyl (C=O) groups is 1. The van der Waals surface area contributed by atoms with Gasteiger partial charge in [0.15, 0.2) is 5.69 Å². The molecule has 3 N–H and O–H groups in total. The first-order chi connectivity index (χ1) is 10.2. The highest BCUT2D eigenvalue weighted by Crippen LogP contribution is 2.09. The van der Waals surface area contributed by atoms with Crippen molar-refractivity contribution in [2.75, 3.05) is 17.2 Å². The van der Waals surface area contributed by atoms with Gasteiger partial charge < -0.3 is 15.7 Å². The number of nitrogens with zero attached hydrogens (tertiary/aromatic N) is 2. The van der Waals surface area contributed by atoms with Crippen LogP contribution in [0.15, 0.2) is 42.5 Å². The van der Waals surface area contributed by atoms with Crippen LogP contribution >= 0.6 is 0 Å². The van der Waals surface area contributed by atoms with E-state index in [1.807, 2.05) is 25.1 Å². The third-order valence-electron chi connectivity index (χ3n) is 2.99. The van der Waals surface area contributed by atoms with Crippen LogP contribution < -0.4 is 10.6 Å². The summed E-state index contributed by atoms with van der Waals surface area (Å²) in [5.41, 5.74) is 0.944. The highest BCUT2D eigenvalue weighted by Gasteiger charge is 2.10. The van der Waals surface area contributed by atoms with Crippen molar-refractivity contribution < 1.29 is 9.90 Å². The van der Waals surface area contributed by atoms with E-state index in [-0.39, 0.29) is 24.2 Å². The van der Waals surface area contributed by atoms with Gasteiger partial charge in [-0.1, -0.05) is 25.1 Å². The summed E-state index contributed by atoms with van der Waals surface area (Å²) in [6, 6.07) is 12.4. The van der Waals surface area contributed by atoms with Crippen LogP contribution in [0.3, 0.4) is 0 Å². The van der Waals surface area contributed by atoms with Crippen molar-refractivity contribution in [2.24, 2.45) is 0 Å². The molecule has 2 aromatic rings. The molecular formula is C15H18N4O2. The molecule has 0 radical (unpaired) electrons. The predicted molar refractivity (Wildman–Crippen MR) is 81.2 cm³/mol. The van der Waals surface area contributed by atoms with E-state index in [9.17, 15) is 4.79 Å². The molecule has 21 heavy (non-hydrogen) atoms. The number of nitrogens with one attached hydrogen (secondary N) is 2. The molecule has 2 rings (SSSR count). The van der Waals surface area contributed by atoms with Gasteiger partial charge >= 0.3 is 0 Å². The molecule has 1 amide bonds. The summed E-state index contributed by atoms with van der Waals surface area (Å²) in [5, 5.41) is 22.7. The van der Waals surface area contributed by atoms with E-state index in [1.54, 1.807) is 24.3 Å². The molecule has 0 unspecified atom stereocenters. The van der Waals surface area contributed by atoms with Crippen LogP contribution in [0.4, 0.5) is 11.5 Å². The Hall–Kier alpha value is -2.47. The van der Waals surface area contributed by atoms with Gasteiger partial charge in [0.25, 0.3) is 5.91 Å². The molecule has 0 aliphatic rings. The molecule has 6 heteroatoms. The van der Waals surface area contributed by atoms with Crippen molar-refractivity contribution in [3.63, 3.8) is 0 Å². The number of benzene rings is 1. The minimum atomic E-state index is -0.311. The number of aromatic nitrogens is 2. The molecule has 0 saturated carbocycles. The summed E-state index contributed by atoms with van der Waals surface area (Å²) >= 11 is 0. The van der Waals surface area contributed by atoms with E-state index in [2.05, 4.69) is 20.8 Å². The average molecular weight is 286 g/mol. The number of aliphatic hydroxyl groups is 1. The maximum atomic E-state index is 12.0. The molecule has 0 aliphatic heterocycles. The fourth-order valence-electron chi connectivity index (χ4n) is 1.73. The smallest absolute Gasteiger partial charge is 0.276 e. The van der Waals surface area contributed by atoms with Crippen LogP contribution in [0.1, 0.15) is 23.8 Å². The number of rotatable bonds is 6. The Morgan fingerprint density at radius 3 is 2.52 bits per heavy atom. The third-order valence-corrected chi connectivity index (χ3v) is 2.99. The maximum absolute atomic E-state index is 12.0. The normalized spacial score (nSPS) is 11.7. The molecular weight excluding hydrogens is 268 g/mol. The lowest BCUT2D eigenvalue weighted by Crippen LogP contribution is -2.23. The predicted octanol–water partition coefficient (Wildman–Crippen LogP) is 1.91. The van der Waals surface area contributed by atoms with E-state index < -0.39 is 0 Å². The Labute approximate surface area is 123 Å². The van der Waals surface area contributed by atoms with Gasteiger partial charge in [-0.2, -0.15) is 0 Å². The van der Waals surface area contributed by atoms with Gasteiger partial charge in [0.2, 0.25) is 0 Å². The van der Waals surface area contributed by atoms with Crippen LogP contribution in [0.2, 0.25) is 0 Å². The Bertz CT molecular complexity index is 568. The molecule has 0 bridgehead atoms. The lowest BCUT2D eigenvalue weighted by molar-refractivity contribution is 0.102. The van der Waals surface area contributed by atoms with Crippen molar-refractivity contribution in [3.05, 3.63) is 48.2 Å². The van der Waals surface area contributed by atoms with Gasteiger partial charge in [-0.15, -0.1) is 10.2 Å². The molecule has 0 fully saturated rings. The Kier molecular flexibility index (Phi) is 5.22. The number of anilines is 2. The highest BCUT2D eigenvalue weighted by molar-refractivity contribution is 6.02. The SMILES string of the molecule is CC[C@@H](CO)Nc1ccc(C(=O)Nc2ccccc2)nn1. The van der Waals surface area contributed by atoms with E-state index in [0.29, 0.717) is 11.5 Å². The minimum absolute atomic E-state index is 0.0222. The summed E-state index contributed by atoms with van der Waals surface area (Å²) in [6.07, 6.45) is 0.772. The zero-order valence-corrected chi connectivity index (χ0v) is 11.8. The number of carbonyl (C=O) groups excluding carboxylic acids is 1. The Morgan fingerprint density at radius 2 is 1.95 bits per heavy atom. The number of hydrogen-bond donors (Lipinski definition) is 3. The zero-order valence-electron chi connectivity index (χ0n) is 11.8. The van der Waals surface area contributed by atoms with Crippen molar-refractivity contribution in [1.29, 1.82) is 0 Å². The third kappa shape index (κ3) is 4.25. The van der Waals surface area contributed by atoms with Crippen molar-refractivity contribution >= 4 is 17.4 Å². The van der Waals surface area contributed by atoms with Crippen LogP contribution in [0, 0.1) is 0 Å². The maximum Gasteiger partial charge on any atom is 0.276 e. The fourth-order valence-corrected chi connectivity index (χ4v) is 1.73. The van der Waals surface area contributed by atoms with Gasteiger partial charge in [-0.25, -0.2) is 0 Å². The first kappa shape index (κ1) is 14.9. The van der Waals surface area contributed by atoms with Gasteiger partial charge in [0.1, 0.15) is 5.82 Å². The van der Waals surface area contributed by atoms with E-state index in [0.717, 1.165) is 6.42 Å². The molecule has 6 nitrogen and oxygen atoms in total. The summed E-state index contributed by atoms with van der Waals surface area (Å²) in [4.78, 5) is 12.0. The Balaban J connectivity index is 2.00. The van der Waals surface area contributed by atoms with Crippen molar-refractivity contribution in [3.8, 4) is 0 Å². The Morgan fingerprint density at radius 1 is 1.19 bits per heavy atom. The minimum Gasteiger partial charge on any atom is -0.394 e. The molecule has 1 aromatic carbocycles. The molecule has 110 valence electrons. The standard InChI is InChI=1S/C15H18N4O2/c1-2-11(10-20)16-14-9-8-13(18-19-14)15(21)17-12-6-4-3-5-7-12/h3-9,11,20H,2,10H2,1H3,(H,16,19)(H,17,21)/t11-/m0/s1. The first-order valence-electron chi connectivity index (χ1n) is 6.80. The molecule has 0 spiro atoms. The summed E-state index contributed by atoms with van der Waals surface area (Å²) < 4.78 is 0. The fraction of sp³-hybridized carbons (Fsp3) is 0.267. The second-order valence-corrected chi connectivity index (χ2v) is 4.56. The highest BCUT2D eigenvalue weighted by atomic mass is 16.3. The molecule has 0 saturated heterocycles. The molecule has 1 atom stereocenters. The summed E-state index contributed by atoms with van der Waals surface area (Å²) in [5.74, 6) is 0.224. The van der Waals surface area contributed by atoms with Crippen molar-refractivity contribution in [2.45, 2.75) is 19.4 Å². The van der Waals surface area contributed by atoms with Gasteiger partial charge in [0, 0.05) is 5.69 Å². The molecule has 1 heterocycles. The second-order valence-electron chi connectivity index (χ2n) is 4.56. The van der Waals surface area contributed by atoms with E-state index in [1.165, 1.54) is 0 Å². The van der Waals surface area contributed by atoms with Gasteiger partial charge in [-0.3, -0.25) is 4.79 Å². The molecule has 1 aromatic heterocycles. The second kappa shape index (κ2) is 7.35. The number of aliphatic hydroxyl groups excluding tert-OH is 1. The monoisotopic (exact) mass is 286 g/mol. The van der Waals surface area contributed by atoms with Gasteiger partial charge in [-0.05, 0) is 30.7 Å². The number of amides is 1. The summed E-state index contributed by atoms with van der Waals surface area (Å²) in [6.45, 7) is 1.98. The largest absolute Gasteiger partial charge is 0.394 e. The lowest BCUT2D eigenvalue weighted by Gasteiger charge is -2.13. The van der Waals surface area contributed by atoms with E-state index >= 15 is 0 Å². The number of hydrogen-bond acceptors (Lipinski definition) is 5. The van der Waals surface area contributed by atoms with Crippen LogP contribution in [-0.2, 0) is 0 Å². The van der Waals surface area contributed by atoms with Crippen LogP contribution in [0.5, 0.6) is 0 Å². The number of para-hydroxylation sites is 1. The van der Waals surface area contributed by atoms with Crippen LogP contribution in [0.25, 0.3) is 0 Å². The van der Waals surface area contributed by atoms with Crippen LogP contribution in [-0.4, -0.2) is 33.9 Å². The van der Waals surface area contributed by atoms with Crippen molar-refractivity contribution in [1.82, 2.24) is 10.2 Å². The average Bonchev–Trinajstić information content (AvgIpc) is 2.54. The summed E-state index contributed by atoms with van der Waals surface area (Å²) in [7, 11) is 0. The molecule has 0 aliphatic carbocycles. The topological polar surface area (TPSA) is 87.1 Å². The zero-order chi connectivity index (χ0) is 15.1. The van der Waals surface area contributed by atoms with E-state index in [4.69, 9.17) is 5.11 Å². The van der Waals surface area contributed by atoms with Gasteiger partial charge in [0.05, 0.1) is 12.6 Å². The lowest BCUT2D eigenvalue weighted by atomic mass is 10.2. The quantitative estimate of drug-likeness (QED) is 0.755. The first-order valence-corrected chi connectivity index (χ1v) is 6.80.